The first kappa shape index (κ1) is 11.7. The Morgan fingerprint density at radius 1 is 1.62 bits per heavy atom. The van der Waals surface area contributed by atoms with Crippen LogP contribution in [0, 0.1) is 0 Å². The van der Waals surface area contributed by atoms with Crippen molar-refractivity contribution in [1.82, 2.24) is 10.3 Å². The van der Waals surface area contributed by atoms with Crippen LogP contribution in [0.3, 0.4) is 0 Å². The molecule has 16 heavy (non-hydrogen) atoms. The van der Waals surface area contributed by atoms with Gasteiger partial charge >= 0.3 is 0 Å². The number of nitrogens with one attached hydrogen (secondary N) is 1. The van der Waals surface area contributed by atoms with Crippen LogP contribution in [0.5, 0.6) is 0 Å². The summed E-state index contributed by atoms with van der Waals surface area (Å²) in [5, 5.41) is 3.86. The predicted octanol–water partition coefficient (Wildman–Crippen LogP) is 2.44. The summed E-state index contributed by atoms with van der Waals surface area (Å²) in [5.74, 6) is 1.06. The van der Waals surface area contributed by atoms with E-state index in [2.05, 4.69) is 28.2 Å². The molecular formula is C12H18ClN3. The molecule has 1 fully saturated rings. The minimum Gasteiger partial charge on any atom is -0.354 e. The maximum absolute atomic E-state index is 6.10. The van der Waals surface area contributed by atoms with Crippen LogP contribution in [0.1, 0.15) is 25.3 Å². The van der Waals surface area contributed by atoms with Gasteiger partial charge in [-0.2, -0.15) is 0 Å². The second kappa shape index (κ2) is 5.02. The Labute approximate surface area is 102 Å². The monoisotopic (exact) mass is 239 g/mol. The Bertz CT molecular complexity index is 367. The van der Waals surface area contributed by atoms with Crippen molar-refractivity contribution in [3.8, 4) is 0 Å². The van der Waals surface area contributed by atoms with E-state index in [0.717, 1.165) is 29.5 Å². The maximum atomic E-state index is 6.10. The van der Waals surface area contributed by atoms with Crippen molar-refractivity contribution in [1.29, 1.82) is 0 Å². The molecule has 0 radical (unpaired) electrons. The van der Waals surface area contributed by atoms with E-state index in [0.29, 0.717) is 6.04 Å². The molecule has 1 aromatic rings. The number of halogens is 1. The van der Waals surface area contributed by atoms with Crippen molar-refractivity contribution in [3.63, 3.8) is 0 Å². The predicted molar refractivity (Wildman–Crippen MR) is 68.1 cm³/mol. The first-order chi connectivity index (χ1) is 7.72. The Hall–Kier alpha value is -0.800. The minimum atomic E-state index is 0.594. The number of hydrogen-bond acceptors (Lipinski definition) is 3. The largest absolute Gasteiger partial charge is 0.354 e. The van der Waals surface area contributed by atoms with Crippen molar-refractivity contribution in [2.24, 2.45) is 0 Å². The summed E-state index contributed by atoms with van der Waals surface area (Å²) in [6, 6.07) is 2.69. The summed E-state index contributed by atoms with van der Waals surface area (Å²) >= 11 is 6.10. The lowest BCUT2D eigenvalue weighted by Crippen LogP contribution is -2.27. The highest BCUT2D eigenvalue weighted by Gasteiger charge is 2.21. The molecular weight excluding hydrogens is 222 g/mol. The zero-order valence-corrected chi connectivity index (χ0v) is 10.6. The van der Waals surface area contributed by atoms with Crippen molar-refractivity contribution in [2.45, 2.75) is 32.4 Å². The van der Waals surface area contributed by atoms with Crippen LogP contribution < -0.4 is 10.2 Å². The second-order valence-corrected chi connectivity index (χ2v) is 4.76. The third-order valence-corrected chi connectivity index (χ3v) is 3.48. The molecule has 0 aliphatic carbocycles. The summed E-state index contributed by atoms with van der Waals surface area (Å²) in [4.78, 5) is 6.78. The molecule has 1 aliphatic heterocycles. The van der Waals surface area contributed by atoms with E-state index in [4.69, 9.17) is 11.6 Å². The van der Waals surface area contributed by atoms with Crippen LogP contribution in [0.4, 0.5) is 5.82 Å². The highest BCUT2D eigenvalue weighted by atomic mass is 35.5. The summed E-state index contributed by atoms with van der Waals surface area (Å²) in [5.41, 5.74) is 1.12. The van der Waals surface area contributed by atoms with Gasteiger partial charge in [0.05, 0.1) is 5.02 Å². The number of hydrogen-bond donors (Lipinski definition) is 1. The molecule has 1 atom stereocenters. The lowest BCUT2D eigenvalue weighted by Gasteiger charge is -2.23. The smallest absolute Gasteiger partial charge is 0.129 e. The summed E-state index contributed by atoms with van der Waals surface area (Å²) in [7, 11) is 1.93. The number of aromatic nitrogens is 1. The summed E-state index contributed by atoms with van der Waals surface area (Å²) < 4.78 is 0. The van der Waals surface area contributed by atoms with Crippen LogP contribution in [-0.2, 0) is 6.54 Å². The second-order valence-electron chi connectivity index (χ2n) is 4.35. The number of pyridine rings is 1. The van der Waals surface area contributed by atoms with Crippen molar-refractivity contribution < 1.29 is 0 Å². The minimum absolute atomic E-state index is 0.594. The fourth-order valence-corrected chi connectivity index (χ4v) is 2.39. The number of nitrogens with zero attached hydrogens (tertiary/aromatic N) is 2. The lowest BCUT2D eigenvalue weighted by molar-refractivity contribution is 0.725. The Morgan fingerprint density at radius 3 is 3.06 bits per heavy atom. The van der Waals surface area contributed by atoms with Gasteiger partial charge in [0.1, 0.15) is 5.82 Å². The quantitative estimate of drug-likeness (QED) is 0.878. The normalized spacial score (nSPS) is 20.4. The van der Waals surface area contributed by atoms with Gasteiger partial charge in [-0.15, -0.1) is 0 Å². The van der Waals surface area contributed by atoms with Crippen LogP contribution in [-0.4, -0.2) is 24.6 Å². The molecule has 3 nitrogen and oxygen atoms in total. The topological polar surface area (TPSA) is 28.2 Å². The molecule has 88 valence electrons. The molecule has 0 saturated carbocycles. The Kier molecular flexibility index (Phi) is 3.66. The molecule has 1 aliphatic rings. The van der Waals surface area contributed by atoms with Gasteiger partial charge in [-0.05, 0) is 38.4 Å². The van der Waals surface area contributed by atoms with E-state index < -0.39 is 0 Å². The van der Waals surface area contributed by atoms with Gasteiger partial charge in [0.15, 0.2) is 0 Å². The van der Waals surface area contributed by atoms with E-state index >= 15 is 0 Å². The highest BCUT2D eigenvalue weighted by Crippen LogP contribution is 2.26. The zero-order valence-electron chi connectivity index (χ0n) is 9.83. The lowest BCUT2D eigenvalue weighted by atomic mass is 10.2. The maximum Gasteiger partial charge on any atom is 0.129 e. The van der Waals surface area contributed by atoms with Crippen LogP contribution in [0.25, 0.3) is 0 Å². The third-order valence-electron chi connectivity index (χ3n) is 3.13. The van der Waals surface area contributed by atoms with Crippen LogP contribution in [0.2, 0.25) is 5.02 Å². The van der Waals surface area contributed by atoms with Crippen molar-refractivity contribution in [2.75, 3.05) is 18.5 Å². The van der Waals surface area contributed by atoms with Crippen molar-refractivity contribution in [3.05, 3.63) is 22.8 Å². The molecule has 1 N–H and O–H groups in total. The molecule has 0 bridgehead atoms. The van der Waals surface area contributed by atoms with Gasteiger partial charge in [-0.3, -0.25) is 0 Å². The average molecular weight is 240 g/mol. The summed E-state index contributed by atoms with van der Waals surface area (Å²) in [6.45, 7) is 4.15. The Morgan fingerprint density at radius 2 is 2.44 bits per heavy atom. The van der Waals surface area contributed by atoms with Gasteiger partial charge < -0.3 is 10.2 Å². The van der Waals surface area contributed by atoms with E-state index in [9.17, 15) is 0 Å². The van der Waals surface area contributed by atoms with Crippen LogP contribution in [0.15, 0.2) is 12.3 Å². The zero-order chi connectivity index (χ0) is 11.5. The van der Waals surface area contributed by atoms with E-state index in [-0.39, 0.29) is 0 Å². The van der Waals surface area contributed by atoms with Gasteiger partial charge in [0.25, 0.3) is 0 Å². The molecule has 0 aromatic carbocycles. The molecule has 1 saturated heterocycles. The van der Waals surface area contributed by atoms with E-state index in [1.807, 2.05) is 7.05 Å². The highest BCUT2D eigenvalue weighted by molar-refractivity contribution is 6.31. The van der Waals surface area contributed by atoms with E-state index in [1.165, 1.54) is 12.8 Å². The van der Waals surface area contributed by atoms with Gasteiger partial charge in [-0.1, -0.05) is 11.6 Å². The fraction of sp³-hybridized carbons (Fsp3) is 0.583. The van der Waals surface area contributed by atoms with E-state index in [1.54, 1.807) is 6.20 Å². The average Bonchev–Trinajstić information content (AvgIpc) is 2.68. The molecule has 0 amide bonds. The third kappa shape index (κ3) is 2.30. The molecule has 2 heterocycles. The van der Waals surface area contributed by atoms with Gasteiger partial charge in [0.2, 0.25) is 0 Å². The SMILES string of the molecule is CNCc1cc(N2CCCC2C)ncc1Cl. The molecule has 1 aromatic heterocycles. The Balaban J connectivity index is 2.24. The van der Waals surface area contributed by atoms with Crippen LogP contribution >= 0.6 is 11.6 Å². The first-order valence-electron chi connectivity index (χ1n) is 5.78. The molecule has 2 rings (SSSR count). The first-order valence-corrected chi connectivity index (χ1v) is 6.16. The molecule has 4 heteroatoms. The van der Waals surface area contributed by atoms with Gasteiger partial charge in [-0.25, -0.2) is 4.98 Å². The fourth-order valence-electron chi connectivity index (χ4n) is 2.22. The van der Waals surface area contributed by atoms with Crippen molar-refractivity contribution >= 4 is 17.4 Å². The number of rotatable bonds is 3. The molecule has 0 spiro atoms. The molecule has 1 unspecified atom stereocenters. The summed E-state index contributed by atoms with van der Waals surface area (Å²) in [6.07, 6.45) is 4.27. The number of anilines is 1. The standard InChI is InChI=1S/C12H18ClN3/c1-9-4-3-5-16(9)12-6-10(7-14-2)11(13)8-15-12/h6,8-9,14H,3-5,7H2,1-2H3. The van der Waals surface area contributed by atoms with Gasteiger partial charge in [0, 0.05) is 25.3 Å².